The van der Waals surface area contributed by atoms with E-state index in [1.54, 1.807) is 0 Å². The van der Waals surface area contributed by atoms with Crippen LogP contribution >= 0.6 is 0 Å². The second kappa shape index (κ2) is 7.56. The van der Waals surface area contributed by atoms with Crippen molar-refractivity contribution in [3.05, 3.63) is 60.2 Å². The van der Waals surface area contributed by atoms with Gasteiger partial charge in [0.05, 0.1) is 0 Å². The van der Waals surface area contributed by atoms with Crippen molar-refractivity contribution in [1.29, 1.82) is 0 Å². The number of rotatable bonds is 5. The van der Waals surface area contributed by atoms with Gasteiger partial charge in [0, 0.05) is 18.0 Å². The first-order valence-corrected chi connectivity index (χ1v) is 8.66. The Morgan fingerprint density at radius 2 is 1.52 bits per heavy atom. The summed E-state index contributed by atoms with van der Waals surface area (Å²) >= 11 is 0. The molecule has 0 amide bonds. The molecule has 0 saturated carbocycles. The first kappa shape index (κ1) is 15.9. The van der Waals surface area contributed by atoms with E-state index in [0.29, 0.717) is 0 Å². The lowest BCUT2D eigenvalue weighted by molar-refractivity contribution is 0.0883. The van der Waals surface area contributed by atoms with Gasteiger partial charge in [-0.05, 0) is 37.1 Å². The number of hydrogen-bond acceptors (Lipinski definition) is 2. The molecule has 0 unspecified atom stereocenters. The molecular weight excluding hydrogens is 282 g/mol. The zero-order valence-electron chi connectivity index (χ0n) is 13.9. The van der Waals surface area contributed by atoms with Crippen LogP contribution in [-0.4, -0.2) is 30.3 Å². The molecule has 0 radical (unpaired) electrons. The maximum atomic E-state index is 12.6. The van der Waals surface area contributed by atoms with E-state index in [-0.39, 0.29) is 11.7 Å². The molecule has 120 valence electrons. The first-order chi connectivity index (χ1) is 11.2. The number of benzene rings is 2. The van der Waals surface area contributed by atoms with Gasteiger partial charge in [0.25, 0.3) is 0 Å². The van der Waals surface area contributed by atoms with Crippen molar-refractivity contribution in [2.75, 3.05) is 19.6 Å². The van der Waals surface area contributed by atoms with Crippen LogP contribution in [0.2, 0.25) is 0 Å². The second-order valence-corrected chi connectivity index (χ2v) is 6.57. The van der Waals surface area contributed by atoms with Gasteiger partial charge >= 0.3 is 0 Å². The maximum Gasteiger partial charge on any atom is 0.166 e. The van der Waals surface area contributed by atoms with Gasteiger partial charge in [-0.25, -0.2) is 0 Å². The molecule has 0 spiro atoms. The van der Waals surface area contributed by atoms with Crippen LogP contribution in [0.25, 0.3) is 11.1 Å². The molecule has 1 atom stereocenters. The molecule has 1 saturated heterocycles. The number of carbonyl (C=O) groups excluding carboxylic acids is 1. The van der Waals surface area contributed by atoms with Crippen molar-refractivity contribution in [2.45, 2.75) is 26.2 Å². The number of likely N-dealkylation sites (tertiary alicyclic amines) is 1. The van der Waals surface area contributed by atoms with Gasteiger partial charge in [-0.2, -0.15) is 0 Å². The lowest BCUT2D eigenvalue weighted by Gasteiger charge is -2.28. The average Bonchev–Trinajstić information content (AvgIpc) is 2.63. The molecule has 0 aliphatic carbocycles. The molecule has 1 heterocycles. The van der Waals surface area contributed by atoms with E-state index < -0.39 is 0 Å². The van der Waals surface area contributed by atoms with Gasteiger partial charge in [-0.3, -0.25) is 4.79 Å². The zero-order chi connectivity index (χ0) is 16.1. The molecule has 23 heavy (non-hydrogen) atoms. The van der Waals surface area contributed by atoms with Crippen LogP contribution in [0.15, 0.2) is 54.6 Å². The standard InChI is InChI=1S/C21H25NO/c1-17(16-22-14-6-3-7-15-22)21(23)20-12-10-19(11-13-20)18-8-4-2-5-9-18/h2,4-5,8-13,17H,3,6-7,14-16H2,1H3/t17-/m0/s1. The number of nitrogens with zero attached hydrogens (tertiary/aromatic N) is 1. The smallest absolute Gasteiger partial charge is 0.166 e. The third-order valence-corrected chi connectivity index (χ3v) is 4.70. The molecule has 0 bridgehead atoms. The van der Waals surface area contributed by atoms with Crippen LogP contribution in [0.5, 0.6) is 0 Å². The quantitative estimate of drug-likeness (QED) is 0.749. The molecule has 1 aliphatic rings. The summed E-state index contributed by atoms with van der Waals surface area (Å²) < 4.78 is 0. The van der Waals surface area contributed by atoms with E-state index in [2.05, 4.69) is 36.1 Å². The van der Waals surface area contributed by atoms with Gasteiger partial charge in [0.15, 0.2) is 5.78 Å². The van der Waals surface area contributed by atoms with Crippen molar-refractivity contribution < 1.29 is 4.79 Å². The highest BCUT2D eigenvalue weighted by Gasteiger charge is 2.19. The van der Waals surface area contributed by atoms with E-state index in [9.17, 15) is 4.79 Å². The van der Waals surface area contributed by atoms with E-state index in [4.69, 9.17) is 0 Å². The van der Waals surface area contributed by atoms with Crippen LogP contribution in [0.1, 0.15) is 36.5 Å². The van der Waals surface area contributed by atoms with E-state index in [1.807, 2.05) is 30.3 Å². The summed E-state index contributed by atoms with van der Waals surface area (Å²) in [4.78, 5) is 15.1. The molecular formula is C21H25NO. The lowest BCUT2D eigenvalue weighted by Crippen LogP contribution is -2.35. The SMILES string of the molecule is C[C@@H](CN1CCCCC1)C(=O)c1ccc(-c2ccccc2)cc1. The molecule has 0 N–H and O–H groups in total. The molecule has 1 fully saturated rings. The Balaban J connectivity index is 1.65. The van der Waals surface area contributed by atoms with E-state index in [1.165, 1.54) is 24.8 Å². The highest BCUT2D eigenvalue weighted by atomic mass is 16.1. The van der Waals surface area contributed by atoms with Crippen molar-refractivity contribution in [3.8, 4) is 11.1 Å². The molecule has 2 heteroatoms. The Morgan fingerprint density at radius 3 is 2.17 bits per heavy atom. The van der Waals surface area contributed by atoms with Crippen LogP contribution in [-0.2, 0) is 0 Å². The van der Waals surface area contributed by atoms with Gasteiger partial charge in [0.2, 0.25) is 0 Å². The summed E-state index contributed by atoms with van der Waals surface area (Å²) in [7, 11) is 0. The van der Waals surface area contributed by atoms with Crippen LogP contribution in [0, 0.1) is 5.92 Å². The summed E-state index contributed by atoms with van der Waals surface area (Å²) in [5.41, 5.74) is 3.17. The second-order valence-electron chi connectivity index (χ2n) is 6.57. The largest absolute Gasteiger partial charge is 0.303 e. The lowest BCUT2D eigenvalue weighted by atomic mass is 9.96. The van der Waals surface area contributed by atoms with Crippen molar-refractivity contribution in [2.24, 2.45) is 5.92 Å². The van der Waals surface area contributed by atoms with Crippen LogP contribution in [0.3, 0.4) is 0 Å². The molecule has 1 aliphatic heterocycles. The van der Waals surface area contributed by atoms with Gasteiger partial charge in [-0.15, -0.1) is 0 Å². The third-order valence-electron chi connectivity index (χ3n) is 4.70. The fourth-order valence-electron chi connectivity index (χ4n) is 3.35. The monoisotopic (exact) mass is 307 g/mol. The van der Waals surface area contributed by atoms with Crippen LogP contribution in [0.4, 0.5) is 0 Å². The summed E-state index contributed by atoms with van der Waals surface area (Å²) in [6.45, 7) is 5.23. The highest BCUT2D eigenvalue weighted by Crippen LogP contribution is 2.21. The minimum atomic E-state index is 0.0654. The van der Waals surface area contributed by atoms with Crippen molar-refractivity contribution in [1.82, 2.24) is 4.90 Å². The minimum absolute atomic E-state index is 0.0654. The fourth-order valence-corrected chi connectivity index (χ4v) is 3.35. The maximum absolute atomic E-state index is 12.6. The van der Waals surface area contributed by atoms with Crippen molar-refractivity contribution >= 4 is 5.78 Å². The van der Waals surface area contributed by atoms with Crippen molar-refractivity contribution in [3.63, 3.8) is 0 Å². The zero-order valence-corrected chi connectivity index (χ0v) is 13.9. The fraction of sp³-hybridized carbons (Fsp3) is 0.381. The van der Waals surface area contributed by atoms with Crippen LogP contribution < -0.4 is 0 Å². The number of hydrogen-bond donors (Lipinski definition) is 0. The number of ketones is 1. The topological polar surface area (TPSA) is 20.3 Å². The number of carbonyl (C=O) groups is 1. The molecule has 3 rings (SSSR count). The summed E-state index contributed by atoms with van der Waals surface area (Å²) in [5.74, 6) is 0.325. The summed E-state index contributed by atoms with van der Waals surface area (Å²) in [5, 5.41) is 0. The normalized spacial score (nSPS) is 16.9. The van der Waals surface area contributed by atoms with E-state index >= 15 is 0 Å². The highest BCUT2D eigenvalue weighted by molar-refractivity contribution is 5.98. The molecule has 0 aromatic heterocycles. The first-order valence-electron chi connectivity index (χ1n) is 8.66. The predicted molar refractivity (Wildman–Crippen MR) is 95.7 cm³/mol. The Bertz CT molecular complexity index is 627. The minimum Gasteiger partial charge on any atom is -0.303 e. The molecule has 2 nitrogen and oxygen atoms in total. The average molecular weight is 307 g/mol. The Hall–Kier alpha value is -1.93. The Kier molecular flexibility index (Phi) is 5.24. The van der Waals surface area contributed by atoms with Gasteiger partial charge < -0.3 is 4.90 Å². The number of piperidine rings is 1. The Labute approximate surface area is 139 Å². The summed E-state index contributed by atoms with van der Waals surface area (Å²) in [6.07, 6.45) is 3.87. The number of Topliss-reactive ketones (excluding diaryl/α,β-unsaturated/α-hetero) is 1. The molecule has 2 aromatic rings. The van der Waals surface area contributed by atoms with Gasteiger partial charge in [0.1, 0.15) is 0 Å². The predicted octanol–water partition coefficient (Wildman–Crippen LogP) is 4.66. The van der Waals surface area contributed by atoms with Gasteiger partial charge in [-0.1, -0.05) is 67.9 Å². The summed E-state index contributed by atoms with van der Waals surface area (Å²) in [6, 6.07) is 18.3. The third kappa shape index (κ3) is 4.08. The Morgan fingerprint density at radius 1 is 0.913 bits per heavy atom. The van der Waals surface area contributed by atoms with E-state index in [0.717, 1.165) is 30.8 Å². The molecule has 2 aromatic carbocycles.